The van der Waals surface area contributed by atoms with Gasteiger partial charge in [0.2, 0.25) is 0 Å². The van der Waals surface area contributed by atoms with Gasteiger partial charge in [-0.25, -0.2) is 0 Å². The van der Waals surface area contributed by atoms with Crippen LogP contribution in [0, 0.1) is 6.92 Å². The van der Waals surface area contributed by atoms with E-state index in [4.69, 9.17) is 5.11 Å². The highest BCUT2D eigenvalue weighted by atomic mass is 16.4. The van der Waals surface area contributed by atoms with Crippen molar-refractivity contribution in [1.29, 1.82) is 0 Å². The fourth-order valence-electron chi connectivity index (χ4n) is 1.93. The lowest BCUT2D eigenvalue weighted by atomic mass is 9.99. The summed E-state index contributed by atoms with van der Waals surface area (Å²) in [6.45, 7) is 2.66. The average molecular weight is 251 g/mol. The molecule has 0 bridgehead atoms. The van der Waals surface area contributed by atoms with Crippen molar-refractivity contribution in [1.82, 2.24) is 4.90 Å². The van der Waals surface area contributed by atoms with E-state index in [2.05, 4.69) is 0 Å². The fraction of sp³-hybridized carbons (Fsp3) is 0.500. The first-order chi connectivity index (χ1) is 8.41. The Kier molecular flexibility index (Phi) is 5.16. The molecule has 1 rings (SSSR count). The van der Waals surface area contributed by atoms with Crippen molar-refractivity contribution < 1.29 is 15.0 Å². The van der Waals surface area contributed by atoms with Crippen molar-refractivity contribution >= 4 is 5.97 Å². The quantitative estimate of drug-likeness (QED) is 0.813. The van der Waals surface area contributed by atoms with E-state index in [1.807, 2.05) is 38.1 Å². The van der Waals surface area contributed by atoms with E-state index in [0.717, 1.165) is 16.7 Å². The molecule has 0 fully saturated rings. The van der Waals surface area contributed by atoms with E-state index >= 15 is 0 Å². The third kappa shape index (κ3) is 4.04. The Morgan fingerprint density at radius 2 is 2.00 bits per heavy atom. The number of carbonyl (C=O) groups is 1. The number of aromatic hydroxyl groups is 1. The zero-order valence-corrected chi connectivity index (χ0v) is 11.2. The minimum Gasteiger partial charge on any atom is -0.507 e. The topological polar surface area (TPSA) is 60.8 Å². The lowest BCUT2D eigenvalue weighted by Crippen LogP contribution is -2.12. The van der Waals surface area contributed by atoms with Gasteiger partial charge in [-0.1, -0.05) is 12.1 Å². The second kappa shape index (κ2) is 6.40. The first kappa shape index (κ1) is 14.5. The van der Waals surface area contributed by atoms with E-state index in [1.165, 1.54) is 0 Å². The van der Waals surface area contributed by atoms with Crippen molar-refractivity contribution in [3.8, 4) is 5.75 Å². The number of aliphatic carboxylic acids is 1. The molecule has 0 heterocycles. The molecule has 0 aromatic heterocycles. The smallest absolute Gasteiger partial charge is 0.303 e. The van der Waals surface area contributed by atoms with Gasteiger partial charge < -0.3 is 15.1 Å². The van der Waals surface area contributed by atoms with Crippen LogP contribution in [0.25, 0.3) is 0 Å². The van der Waals surface area contributed by atoms with E-state index in [1.54, 1.807) is 0 Å². The number of phenols is 1. The fourth-order valence-corrected chi connectivity index (χ4v) is 1.93. The Labute approximate surface area is 108 Å². The molecule has 0 amide bonds. The van der Waals surface area contributed by atoms with Gasteiger partial charge in [-0.3, -0.25) is 4.79 Å². The van der Waals surface area contributed by atoms with Crippen LogP contribution in [0.4, 0.5) is 0 Å². The summed E-state index contributed by atoms with van der Waals surface area (Å²) >= 11 is 0. The molecule has 0 radical (unpaired) electrons. The van der Waals surface area contributed by atoms with Crippen LogP contribution in [0.15, 0.2) is 12.1 Å². The maximum Gasteiger partial charge on any atom is 0.303 e. The molecule has 100 valence electrons. The Hall–Kier alpha value is -1.55. The second-order valence-corrected chi connectivity index (χ2v) is 4.85. The Balaban J connectivity index is 2.83. The summed E-state index contributed by atoms with van der Waals surface area (Å²) in [6, 6.07) is 3.86. The van der Waals surface area contributed by atoms with Crippen LogP contribution in [0.1, 0.15) is 29.5 Å². The van der Waals surface area contributed by atoms with Gasteiger partial charge in [0.15, 0.2) is 0 Å². The normalized spacial score (nSPS) is 10.9. The number of phenolic OH excluding ortho intramolecular Hbond substituents is 1. The Morgan fingerprint density at radius 3 is 2.56 bits per heavy atom. The van der Waals surface area contributed by atoms with Crippen molar-refractivity contribution in [2.75, 3.05) is 14.1 Å². The molecule has 0 saturated heterocycles. The van der Waals surface area contributed by atoms with Gasteiger partial charge in [0.1, 0.15) is 5.75 Å². The van der Waals surface area contributed by atoms with Crippen molar-refractivity contribution in [3.05, 3.63) is 28.8 Å². The minimum absolute atomic E-state index is 0.135. The highest BCUT2D eigenvalue weighted by Gasteiger charge is 2.11. The van der Waals surface area contributed by atoms with Crippen LogP contribution in [-0.4, -0.2) is 35.2 Å². The van der Waals surface area contributed by atoms with Gasteiger partial charge in [-0.15, -0.1) is 0 Å². The predicted octanol–water partition coefficient (Wildman–Crippen LogP) is 2.17. The van der Waals surface area contributed by atoms with Crippen LogP contribution < -0.4 is 0 Å². The van der Waals surface area contributed by atoms with Gasteiger partial charge in [0.05, 0.1) is 0 Å². The molecule has 2 N–H and O–H groups in total. The number of nitrogens with zero attached hydrogens (tertiary/aromatic N) is 1. The summed E-state index contributed by atoms with van der Waals surface area (Å²) < 4.78 is 0. The molecule has 1 aromatic carbocycles. The summed E-state index contributed by atoms with van der Waals surface area (Å²) in [5.41, 5.74) is 2.81. The molecular weight excluding hydrogens is 230 g/mol. The monoisotopic (exact) mass is 251 g/mol. The van der Waals surface area contributed by atoms with Gasteiger partial charge in [-0.05, 0) is 45.0 Å². The minimum atomic E-state index is -0.796. The molecule has 0 aliphatic heterocycles. The van der Waals surface area contributed by atoms with E-state index in [-0.39, 0.29) is 6.42 Å². The largest absolute Gasteiger partial charge is 0.507 e. The zero-order chi connectivity index (χ0) is 13.7. The number of aryl methyl sites for hydroxylation is 2. The zero-order valence-electron chi connectivity index (χ0n) is 11.2. The standard InChI is InChI=1S/C14H21NO3/c1-10-7-8-11(5-4-6-13(16)17)14(18)12(10)9-15(2)3/h7-8,18H,4-6,9H2,1-3H3,(H,16,17). The van der Waals surface area contributed by atoms with Crippen molar-refractivity contribution in [2.24, 2.45) is 0 Å². The molecule has 0 unspecified atom stereocenters. The molecule has 4 nitrogen and oxygen atoms in total. The number of carboxylic acid groups (broad SMARTS) is 1. The number of rotatable bonds is 6. The van der Waals surface area contributed by atoms with Crippen LogP contribution in [0.3, 0.4) is 0 Å². The Bertz CT molecular complexity index is 427. The lowest BCUT2D eigenvalue weighted by molar-refractivity contribution is -0.137. The highest BCUT2D eigenvalue weighted by molar-refractivity contribution is 5.66. The SMILES string of the molecule is Cc1ccc(CCCC(=O)O)c(O)c1CN(C)C. The first-order valence-corrected chi connectivity index (χ1v) is 6.08. The third-order valence-corrected chi connectivity index (χ3v) is 2.91. The van der Waals surface area contributed by atoms with Crippen molar-refractivity contribution in [3.63, 3.8) is 0 Å². The number of carboxylic acids is 1. The van der Waals surface area contributed by atoms with E-state index in [9.17, 15) is 9.90 Å². The summed E-state index contributed by atoms with van der Waals surface area (Å²) in [6.07, 6.45) is 1.28. The van der Waals surface area contributed by atoms with Gasteiger partial charge in [0, 0.05) is 18.5 Å². The van der Waals surface area contributed by atoms with Crippen LogP contribution >= 0.6 is 0 Å². The maximum absolute atomic E-state index is 10.5. The molecular formula is C14H21NO3. The molecule has 18 heavy (non-hydrogen) atoms. The number of hydrogen-bond donors (Lipinski definition) is 2. The molecule has 0 aliphatic carbocycles. The average Bonchev–Trinajstić information content (AvgIpc) is 2.26. The highest BCUT2D eigenvalue weighted by Crippen LogP contribution is 2.28. The first-order valence-electron chi connectivity index (χ1n) is 6.08. The van der Waals surface area contributed by atoms with Gasteiger partial charge >= 0.3 is 5.97 Å². The van der Waals surface area contributed by atoms with E-state index in [0.29, 0.717) is 25.1 Å². The predicted molar refractivity (Wildman–Crippen MR) is 70.8 cm³/mol. The molecule has 0 saturated carbocycles. The summed E-state index contributed by atoms with van der Waals surface area (Å²) in [7, 11) is 3.91. The number of hydrogen-bond acceptors (Lipinski definition) is 3. The summed E-state index contributed by atoms with van der Waals surface area (Å²) in [4.78, 5) is 12.5. The van der Waals surface area contributed by atoms with Crippen LogP contribution in [0.5, 0.6) is 5.75 Å². The Morgan fingerprint density at radius 1 is 1.33 bits per heavy atom. The third-order valence-electron chi connectivity index (χ3n) is 2.91. The molecule has 0 spiro atoms. The molecule has 1 aromatic rings. The second-order valence-electron chi connectivity index (χ2n) is 4.85. The summed E-state index contributed by atoms with van der Waals surface area (Å²) in [5, 5.41) is 18.8. The molecule has 0 aliphatic rings. The molecule has 4 heteroatoms. The summed E-state index contributed by atoms with van der Waals surface area (Å²) in [5.74, 6) is -0.482. The van der Waals surface area contributed by atoms with Gasteiger partial charge in [-0.2, -0.15) is 0 Å². The van der Waals surface area contributed by atoms with Crippen LogP contribution in [-0.2, 0) is 17.8 Å². The van der Waals surface area contributed by atoms with Gasteiger partial charge in [0.25, 0.3) is 0 Å². The maximum atomic E-state index is 10.5. The van der Waals surface area contributed by atoms with Crippen LogP contribution in [0.2, 0.25) is 0 Å². The molecule has 0 atom stereocenters. The van der Waals surface area contributed by atoms with E-state index < -0.39 is 5.97 Å². The lowest BCUT2D eigenvalue weighted by Gasteiger charge is -2.16. The van der Waals surface area contributed by atoms with Crippen molar-refractivity contribution in [2.45, 2.75) is 32.7 Å². The number of benzene rings is 1.